The molecule has 1 atom stereocenters. The lowest BCUT2D eigenvalue weighted by Gasteiger charge is -2.31. The van der Waals surface area contributed by atoms with Crippen molar-refractivity contribution in [3.63, 3.8) is 0 Å². The van der Waals surface area contributed by atoms with Crippen LogP contribution >= 0.6 is 0 Å². The van der Waals surface area contributed by atoms with E-state index in [4.69, 9.17) is 4.74 Å². The molecule has 1 aliphatic heterocycles. The third-order valence-corrected chi connectivity index (χ3v) is 6.59. The number of aliphatic hydroxyl groups is 1. The molecule has 1 fully saturated rings. The average Bonchev–Trinajstić information content (AvgIpc) is 2.70. The zero-order chi connectivity index (χ0) is 19.3. The molecule has 0 saturated carbocycles. The summed E-state index contributed by atoms with van der Waals surface area (Å²) in [5.74, 6) is 1.10. The summed E-state index contributed by atoms with van der Waals surface area (Å²) in [4.78, 5) is 2.58. The predicted octanol–water partition coefficient (Wildman–Crippen LogP) is 2.22. The van der Waals surface area contributed by atoms with E-state index in [1.807, 2.05) is 18.2 Å². The van der Waals surface area contributed by atoms with Gasteiger partial charge in [0.15, 0.2) is 0 Å². The smallest absolute Gasteiger partial charge is 0.240 e. The quantitative estimate of drug-likeness (QED) is 0.674. The maximum atomic E-state index is 12.6. The van der Waals surface area contributed by atoms with E-state index in [0.717, 1.165) is 55.4 Å². The highest BCUT2D eigenvalue weighted by atomic mass is 32.2. The number of benzene rings is 2. The van der Waals surface area contributed by atoms with Gasteiger partial charge in [0.25, 0.3) is 0 Å². The van der Waals surface area contributed by atoms with Crippen molar-refractivity contribution >= 4 is 20.8 Å². The Labute approximate surface area is 161 Å². The monoisotopic (exact) mass is 392 g/mol. The second-order valence-corrected chi connectivity index (χ2v) is 8.88. The van der Waals surface area contributed by atoms with Crippen LogP contribution in [0.4, 0.5) is 0 Å². The fourth-order valence-corrected chi connectivity index (χ4v) is 4.70. The van der Waals surface area contributed by atoms with Crippen molar-refractivity contribution in [3.05, 3.63) is 36.4 Å². The van der Waals surface area contributed by atoms with Crippen LogP contribution in [-0.2, 0) is 10.0 Å². The van der Waals surface area contributed by atoms with Crippen molar-refractivity contribution < 1.29 is 18.3 Å². The highest BCUT2D eigenvalue weighted by Gasteiger charge is 2.19. The van der Waals surface area contributed by atoms with E-state index in [-0.39, 0.29) is 11.5 Å². The Hall–Kier alpha value is -1.67. The van der Waals surface area contributed by atoms with E-state index in [0.29, 0.717) is 12.5 Å². The Morgan fingerprint density at radius 3 is 2.78 bits per heavy atom. The van der Waals surface area contributed by atoms with Gasteiger partial charge in [-0.3, -0.25) is 0 Å². The lowest BCUT2D eigenvalue weighted by Crippen LogP contribution is -2.38. The van der Waals surface area contributed by atoms with E-state index in [9.17, 15) is 13.5 Å². The molecule has 3 rings (SSSR count). The molecule has 0 radical (unpaired) electrons. The van der Waals surface area contributed by atoms with Crippen molar-refractivity contribution in [2.24, 2.45) is 5.92 Å². The molecule has 0 aromatic heterocycles. The SMILES string of the molecule is COc1ccc2cc(S(=O)(=O)NCCCN3CCC[C@@H](CO)C3)ccc2c1. The fraction of sp³-hybridized carbons (Fsp3) is 0.500. The van der Waals surface area contributed by atoms with Gasteiger partial charge >= 0.3 is 0 Å². The molecule has 7 heteroatoms. The van der Waals surface area contributed by atoms with E-state index in [1.165, 1.54) is 0 Å². The fourth-order valence-electron chi connectivity index (χ4n) is 3.59. The number of likely N-dealkylation sites (tertiary alicyclic amines) is 1. The Morgan fingerprint density at radius 1 is 1.22 bits per heavy atom. The van der Waals surface area contributed by atoms with Gasteiger partial charge in [-0.1, -0.05) is 12.1 Å². The van der Waals surface area contributed by atoms with E-state index in [2.05, 4.69) is 9.62 Å². The van der Waals surface area contributed by atoms with E-state index < -0.39 is 10.0 Å². The largest absolute Gasteiger partial charge is 0.497 e. The zero-order valence-corrected chi connectivity index (χ0v) is 16.5. The maximum Gasteiger partial charge on any atom is 0.240 e. The first-order valence-electron chi connectivity index (χ1n) is 9.42. The molecule has 2 aromatic carbocycles. The lowest BCUT2D eigenvalue weighted by atomic mass is 9.99. The van der Waals surface area contributed by atoms with Gasteiger partial charge in [-0.25, -0.2) is 13.1 Å². The summed E-state index contributed by atoms with van der Waals surface area (Å²) >= 11 is 0. The highest BCUT2D eigenvalue weighted by Crippen LogP contribution is 2.23. The van der Waals surface area contributed by atoms with Crippen LogP contribution in [0.2, 0.25) is 0 Å². The predicted molar refractivity (Wildman–Crippen MR) is 107 cm³/mol. The van der Waals surface area contributed by atoms with E-state index in [1.54, 1.807) is 25.3 Å². The number of aliphatic hydroxyl groups excluding tert-OH is 1. The second kappa shape index (κ2) is 9.01. The van der Waals surface area contributed by atoms with Crippen molar-refractivity contribution in [2.45, 2.75) is 24.2 Å². The number of ether oxygens (including phenoxy) is 1. The number of nitrogens with one attached hydrogen (secondary N) is 1. The average molecular weight is 393 g/mol. The molecule has 6 nitrogen and oxygen atoms in total. The third kappa shape index (κ3) is 5.19. The van der Waals surface area contributed by atoms with Crippen LogP contribution < -0.4 is 9.46 Å². The van der Waals surface area contributed by atoms with Crippen molar-refractivity contribution in [1.29, 1.82) is 0 Å². The number of hydrogen-bond donors (Lipinski definition) is 2. The van der Waals surface area contributed by atoms with Crippen molar-refractivity contribution in [3.8, 4) is 5.75 Å². The molecule has 1 saturated heterocycles. The lowest BCUT2D eigenvalue weighted by molar-refractivity contribution is 0.120. The number of sulfonamides is 1. The minimum atomic E-state index is -3.53. The second-order valence-electron chi connectivity index (χ2n) is 7.12. The van der Waals surface area contributed by atoms with Crippen LogP contribution in [0.25, 0.3) is 10.8 Å². The van der Waals surface area contributed by atoms with E-state index >= 15 is 0 Å². The van der Waals surface area contributed by atoms with Crippen LogP contribution in [-0.4, -0.2) is 58.3 Å². The molecule has 0 amide bonds. The molecule has 0 unspecified atom stereocenters. The molecular formula is C20H28N2O4S. The van der Waals surface area contributed by atoms with Crippen LogP contribution in [0, 0.1) is 5.92 Å². The van der Waals surface area contributed by atoms with Gasteiger partial charge < -0.3 is 14.7 Å². The minimum Gasteiger partial charge on any atom is -0.497 e. The van der Waals surface area contributed by atoms with Gasteiger partial charge in [-0.2, -0.15) is 0 Å². The van der Waals surface area contributed by atoms with Crippen molar-refractivity contribution in [2.75, 3.05) is 39.9 Å². The Bertz CT molecular complexity index is 869. The van der Waals surface area contributed by atoms with Gasteiger partial charge in [-0.05, 0) is 73.3 Å². The molecule has 0 bridgehead atoms. The molecule has 0 aliphatic carbocycles. The van der Waals surface area contributed by atoms with Crippen LogP contribution in [0.5, 0.6) is 5.75 Å². The Morgan fingerprint density at radius 2 is 2.00 bits per heavy atom. The maximum absolute atomic E-state index is 12.6. The van der Waals surface area contributed by atoms with Gasteiger partial charge in [0.1, 0.15) is 5.75 Å². The number of piperidine rings is 1. The first kappa shape index (κ1) is 20.1. The molecule has 2 aromatic rings. The Balaban J connectivity index is 1.55. The van der Waals surface area contributed by atoms with Crippen LogP contribution in [0.1, 0.15) is 19.3 Å². The first-order chi connectivity index (χ1) is 13.0. The van der Waals surface area contributed by atoms with Gasteiger partial charge in [0.2, 0.25) is 10.0 Å². The molecule has 27 heavy (non-hydrogen) atoms. The summed E-state index contributed by atoms with van der Waals surface area (Å²) in [7, 11) is -1.92. The summed E-state index contributed by atoms with van der Waals surface area (Å²) in [6.45, 7) is 3.41. The van der Waals surface area contributed by atoms with Crippen LogP contribution in [0.3, 0.4) is 0 Å². The minimum absolute atomic E-state index is 0.233. The summed E-state index contributed by atoms with van der Waals surface area (Å²) in [5.41, 5.74) is 0. The molecule has 0 spiro atoms. The third-order valence-electron chi connectivity index (χ3n) is 5.13. The number of rotatable bonds is 8. The molecule has 1 heterocycles. The summed E-state index contributed by atoms with van der Waals surface area (Å²) in [6, 6.07) is 10.7. The van der Waals surface area contributed by atoms with Gasteiger partial charge in [0, 0.05) is 19.7 Å². The molecule has 1 aliphatic rings. The topological polar surface area (TPSA) is 78.9 Å². The summed E-state index contributed by atoms with van der Waals surface area (Å²) < 4.78 is 33.0. The normalized spacial score (nSPS) is 18.7. The number of hydrogen-bond acceptors (Lipinski definition) is 5. The standard InChI is InChI=1S/C20H28N2O4S/c1-26-19-7-5-18-13-20(8-6-17(18)12-19)27(24,25)21-9-3-11-22-10-2-4-16(14-22)15-23/h5-8,12-13,16,21,23H,2-4,9-11,14-15H2,1H3/t16-/m1/s1. The molecule has 2 N–H and O–H groups in total. The highest BCUT2D eigenvalue weighted by molar-refractivity contribution is 7.89. The summed E-state index contributed by atoms with van der Waals surface area (Å²) in [6.07, 6.45) is 2.93. The zero-order valence-electron chi connectivity index (χ0n) is 15.7. The van der Waals surface area contributed by atoms with Crippen LogP contribution in [0.15, 0.2) is 41.3 Å². The summed E-state index contributed by atoms with van der Waals surface area (Å²) in [5, 5.41) is 11.1. The van der Waals surface area contributed by atoms with Gasteiger partial charge in [0.05, 0.1) is 12.0 Å². The molecular weight excluding hydrogens is 364 g/mol. The number of nitrogens with zero attached hydrogens (tertiary/aromatic N) is 1. The Kier molecular flexibility index (Phi) is 6.70. The molecule has 148 valence electrons. The first-order valence-corrected chi connectivity index (χ1v) is 10.9. The number of methoxy groups -OCH3 is 1. The van der Waals surface area contributed by atoms with Gasteiger partial charge in [-0.15, -0.1) is 0 Å². The number of fused-ring (bicyclic) bond motifs is 1. The van der Waals surface area contributed by atoms with Crippen molar-refractivity contribution in [1.82, 2.24) is 9.62 Å².